The molecule has 7 nitrogen and oxygen atoms in total. The van der Waals surface area contributed by atoms with Crippen molar-refractivity contribution in [2.75, 3.05) is 37.7 Å². The number of carbonyl (C=O) groups excluding carboxylic acids is 1. The van der Waals surface area contributed by atoms with Gasteiger partial charge in [-0.05, 0) is 80.4 Å². The molecule has 0 spiro atoms. The maximum absolute atomic E-state index is 13.1. The molecule has 1 fully saturated rings. The van der Waals surface area contributed by atoms with Gasteiger partial charge in [-0.1, -0.05) is 0 Å². The lowest BCUT2D eigenvalue weighted by Gasteiger charge is -2.31. The highest BCUT2D eigenvalue weighted by Gasteiger charge is 2.25. The Balaban J connectivity index is 1.18. The molecule has 0 saturated carbocycles. The Morgan fingerprint density at radius 2 is 1.65 bits per heavy atom. The van der Waals surface area contributed by atoms with E-state index in [0.717, 1.165) is 48.8 Å². The predicted molar refractivity (Wildman–Crippen MR) is 128 cm³/mol. The van der Waals surface area contributed by atoms with E-state index in [1.807, 2.05) is 43.3 Å². The van der Waals surface area contributed by atoms with E-state index in [0.29, 0.717) is 25.5 Å². The first-order chi connectivity index (χ1) is 16.6. The third-order valence-electron chi connectivity index (χ3n) is 5.78. The number of hydrogen-bond acceptors (Lipinski definition) is 6. The normalized spacial score (nSPS) is 14.0. The van der Waals surface area contributed by atoms with Gasteiger partial charge in [-0.25, -0.2) is 4.39 Å². The molecule has 178 valence electrons. The first-order valence-corrected chi connectivity index (χ1v) is 11.6. The quantitative estimate of drug-likeness (QED) is 0.481. The fraction of sp³-hybridized carbons (Fsp3) is 0.346. The van der Waals surface area contributed by atoms with Crippen molar-refractivity contribution in [1.29, 1.82) is 0 Å². The lowest BCUT2D eigenvalue weighted by atomic mass is 9.96. The summed E-state index contributed by atoms with van der Waals surface area (Å²) in [5, 5.41) is 11.6. The van der Waals surface area contributed by atoms with Crippen molar-refractivity contribution in [3.63, 3.8) is 0 Å². The summed E-state index contributed by atoms with van der Waals surface area (Å²) in [5.41, 5.74) is 1.52. The van der Waals surface area contributed by atoms with Crippen LogP contribution in [0, 0.1) is 11.7 Å². The molecule has 0 atom stereocenters. The minimum Gasteiger partial charge on any atom is -0.494 e. The summed E-state index contributed by atoms with van der Waals surface area (Å²) in [6, 6.07) is 17.5. The molecule has 1 N–H and O–H groups in total. The number of carbonyl (C=O) groups is 1. The van der Waals surface area contributed by atoms with Gasteiger partial charge in [0.15, 0.2) is 5.82 Å². The zero-order valence-corrected chi connectivity index (χ0v) is 19.2. The number of piperidine rings is 1. The second kappa shape index (κ2) is 11.4. The lowest BCUT2D eigenvalue weighted by molar-refractivity contribution is -0.125. The third kappa shape index (κ3) is 6.21. The highest BCUT2D eigenvalue weighted by Crippen LogP contribution is 2.24. The Kier molecular flexibility index (Phi) is 7.91. The van der Waals surface area contributed by atoms with Gasteiger partial charge in [0.25, 0.3) is 0 Å². The third-order valence-corrected chi connectivity index (χ3v) is 5.78. The van der Waals surface area contributed by atoms with Crippen molar-refractivity contribution >= 4 is 11.7 Å². The molecular weight excluding hydrogens is 435 g/mol. The van der Waals surface area contributed by atoms with Crippen LogP contribution >= 0.6 is 0 Å². The van der Waals surface area contributed by atoms with E-state index in [1.165, 1.54) is 12.1 Å². The number of amides is 1. The SMILES string of the molecule is CCOc1ccc(OCCNC(=O)C2CCN(c3ccc(-c4ccc(F)cc4)nn3)CC2)cc1. The van der Waals surface area contributed by atoms with Crippen LogP contribution in [-0.4, -0.2) is 49.0 Å². The lowest BCUT2D eigenvalue weighted by Crippen LogP contribution is -2.41. The van der Waals surface area contributed by atoms with Gasteiger partial charge in [-0.2, -0.15) is 0 Å². The molecule has 0 bridgehead atoms. The van der Waals surface area contributed by atoms with Crippen molar-refractivity contribution in [2.24, 2.45) is 5.92 Å². The van der Waals surface area contributed by atoms with Gasteiger partial charge in [-0.3, -0.25) is 4.79 Å². The molecule has 8 heteroatoms. The summed E-state index contributed by atoms with van der Waals surface area (Å²) >= 11 is 0. The number of ether oxygens (including phenoxy) is 2. The van der Waals surface area contributed by atoms with Gasteiger partial charge in [0, 0.05) is 24.6 Å². The Morgan fingerprint density at radius 3 is 2.26 bits per heavy atom. The molecule has 0 unspecified atom stereocenters. The minimum absolute atomic E-state index is 0.0202. The summed E-state index contributed by atoms with van der Waals surface area (Å²) in [4.78, 5) is 14.7. The number of nitrogens with one attached hydrogen (secondary N) is 1. The Hall–Kier alpha value is -3.68. The van der Waals surface area contributed by atoms with Crippen molar-refractivity contribution in [3.05, 3.63) is 66.5 Å². The van der Waals surface area contributed by atoms with Gasteiger partial charge in [0.05, 0.1) is 18.8 Å². The number of nitrogens with zero attached hydrogens (tertiary/aromatic N) is 3. The summed E-state index contributed by atoms with van der Waals surface area (Å²) in [6.45, 7) is 4.93. The van der Waals surface area contributed by atoms with Crippen LogP contribution in [0.15, 0.2) is 60.7 Å². The monoisotopic (exact) mass is 464 g/mol. The largest absolute Gasteiger partial charge is 0.494 e. The topological polar surface area (TPSA) is 76.6 Å². The summed E-state index contributed by atoms with van der Waals surface area (Å²) in [7, 11) is 0. The number of rotatable bonds is 9. The molecule has 1 aromatic heterocycles. The number of aromatic nitrogens is 2. The van der Waals surface area contributed by atoms with Crippen LogP contribution in [0.3, 0.4) is 0 Å². The van der Waals surface area contributed by atoms with Crippen molar-refractivity contribution in [2.45, 2.75) is 19.8 Å². The molecule has 0 radical (unpaired) electrons. The average Bonchev–Trinajstić information content (AvgIpc) is 2.88. The maximum Gasteiger partial charge on any atom is 0.223 e. The molecule has 1 saturated heterocycles. The van der Waals surface area contributed by atoms with Crippen LogP contribution in [-0.2, 0) is 4.79 Å². The fourth-order valence-corrected chi connectivity index (χ4v) is 3.93. The molecule has 2 heterocycles. The summed E-state index contributed by atoms with van der Waals surface area (Å²) in [5.74, 6) is 2.11. The van der Waals surface area contributed by atoms with Crippen molar-refractivity contribution in [3.8, 4) is 22.8 Å². The number of benzene rings is 2. The number of halogens is 1. The van der Waals surface area contributed by atoms with Crippen LogP contribution in [0.4, 0.5) is 10.2 Å². The van der Waals surface area contributed by atoms with Crippen LogP contribution < -0.4 is 19.7 Å². The summed E-state index contributed by atoms with van der Waals surface area (Å²) in [6.07, 6.45) is 1.51. The van der Waals surface area contributed by atoms with Crippen LogP contribution in [0.25, 0.3) is 11.3 Å². The standard InChI is InChI=1S/C26H29FN4O3/c1-2-33-22-7-9-23(10-8-22)34-18-15-28-26(32)20-13-16-31(17-14-20)25-12-11-24(29-30-25)19-3-5-21(27)6-4-19/h3-12,20H,2,13-18H2,1H3,(H,28,32). The number of anilines is 1. The van der Waals surface area contributed by atoms with E-state index in [9.17, 15) is 9.18 Å². The molecular formula is C26H29FN4O3. The van der Waals surface area contributed by atoms with Crippen molar-refractivity contribution in [1.82, 2.24) is 15.5 Å². The first-order valence-electron chi connectivity index (χ1n) is 11.6. The van der Waals surface area contributed by atoms with Gasteiger partial charge in [0.1, 0.15) is 23.9 Å². The van der Waals surface area contributed by atoms with E-state index < -0.39 is 0 Å². The summed E-state index contributed by atoms with van der Waals surface area (Å²) < 4.78 is 24.2. The first kappa shape index (κ1) is 23.5. The predicted octanol–water partition coefficient (Wildman–Crippen LogP) is 4.09. The van der Waals surface area contributed by atoms with E-state index >= 15 is 0 Å². The zero-order valence-electron chi connectivity index (χ0n) is 19.2. The maximum atomic E-state index is 13.1. The average molecular weight is 465 g/mol. The van der Waals surface area contributed by atoms with E-state index in [2.05, 4.69) is 20.4 Å². The highest BCUT2D eigenvalue weighted by atomic mass is 19.1. The van der Waals surface area contributed by atoms with E-state index in [1.54, 1.807) is 12.1 Å². The van der Waals surface area contributed by atoms with Crippen LogP contribution in [0.5, 0.6) is 11.5 Å². The molecule has 1 aliphatic rings. The molecule has 4 rings (SSSR count). The Morgan fingerprint density at radius 1 is 0.971 bits per heavy atom. The van der Waals surface area contributed by atoms with Gasteiger partial charge in [-0.15, -0.1) is 10.2 Å². The highest BCUT2D eigenvalue weighted by molar-refractivity contribution is 5.79. The van der Waals surface area contributed by atoms with Gasteiger partial charge >= 0.3 is 0 Å². The zero-order chi connectivity index (χ0) is 23.8. The van der Waals surface area contributed by atoms with E-state index in [-0.39, 0.29) is 17.6 Å². The second-order valence-electron chi connectivity index (χ2n) is 8.09. The molecule has 3 aromatic rings. The van der Waals surface area contributed by atoms with Crippen molar-refractivity contribution < 1.29 is 18.7 Å². The Labute approximate surface area is 198 Å². The van der Waals surface area contributed by atoms with Crippen LogP contribution in [0.2, 0.25) is 0 Å². The minimum atomic E-state index is -0.277. The van der Waals surface area contributed by atoms with Crippen LogP contribution in [0.1, 0.15) is 19.8 Å². The molecule has 34 heavy (non-hydrogen) atoms. The fourth-order valence-electron chi connectivity index (χ4n) is 3.93. The second-order valence-corrected chi connectivity index (χ2v) is 8.09. The molecule has 2 aromatic carbocycles. The molecule has 1 amide bonds. The van der Waals surface area contributed by atoms with E-state index in [4.69, 9.17) is 9.47 Å². The Bertz CT molecular complexity index is 1050. The van der Waals surface area contributed by atoms with Gasteiger partial charge < -0.3 is 19.7 Å². The molecule has 1 aliphatic heterocycles. The van der Waals surface area contributed by atoms with Gasteiger partial charge in [0.2, 0.25) is 5.91 Å². The molecule has 0 aliphatic carbocycles. The smallest absolute Gasteiger partial charge is 0.223 e. The number of hydrogen-bond donors (Lipinski definition) is 1.